The lowest BCUT2D eigenvalue weighted by molar-refractivity contribution is -0.0541. The fraction of sp³-hybridized carbons (Fsp3) is 0.571. The molecule has 104 valence electrons. The normalized spacial score (nSPS) is 12.7. The molecule has 5 nitrogen and oxygen atoms in total. The van der Waals surface area contributed by atoms with Gasteiger partial charge in [-0.2, -0.15) is 10.5 Å². The lowest BCUT2D eigenvalue weighted by Gasteiger charge is -2.32. The highest BCUT2D eigenvalue weighted by atomic mass is 16.5. The number of hydrogen-bond acceptors (Lipinski definition) is 5. The Labute approximate surface area is 114 Å². The van der Waals surface area contributed by atoms with Gasteiger partial charge in [-0.05, 0) is 26.0 Å². The molecule has 2 N–H and O–H groups in total. The molecule has 0 spiro atoms. The molecule has 0 aromatic rings. The minimum absolute atomic E-state index is 0.0331. The van der Waals surface area contributed by atoms with Crippen LogP contribution in [-0.2, 0) is 4.74 Å². The first kappa shape index (κ1) is 17.0. The molecule has 0 aromatic carbocycles. The fourth-order valence-electron chi connectivity index (χ4n) is 1.62. The van der Waals surface area contributed by atoms with Crippen molar-refractivity contribution in [2.24, 2.45) is 0 Å². The van der Waals surface area contributed by atoms with E-state index in [9.17, 15) is 10.2 Å². The molecule has 0 unspecified atom stereocenters. The zero-order valence-electron chi connectivity index (χ0n) is 11.4. The summed E-state index contributed by atoms with van der Waals surface area (Å²) >= 11 is 0. The van der Waals surface area contributed by atoms with Gasteiger partial charge in [0.15, 0.2) is 11.5 Å². The highest BCUT2D eigenvalue weighted by molar-refractivity contribution is 5.18. The van der Waals surface area contributed by atoms with Gasteiger partial charge in [-0.3, -0.25) is 0 Å². The van der Waals surface area contributed by atoms with Crippen molar-refractivity contribution in [1.82, 2.24) is 0 Å². The SMILES string of the molecule is CC=C(O)C(=CC)OC(CO)(CCC#N)CCC#N. The first-order valence-corrected chi connectivity index (χ1v) is 6.15. The predicted molar refractivity (Wildman–Crippen MR) is 70.7 cm³/mol. The third-order valence-corrected chi connectivity index (χ3v) is 2.79. The number of hydrogen-bond donors (Lipinski definition) is 2. The van der Waals surface area contributed by atoms with Crippen LogP contribution in [0.2, 0.25) is 0 Å². The van der Waals surface area contributed by atoms with Gasteiger partial charge in [0.25, 0.3) is 0 Å². The summed E-state index contributed by atoms with van der Waals surface area (Å²) in [7, 11) is 0. The zero-order chi connectivity index (χ0) is 14.7. The molecule has 0 saturated heterocycles. The molecule has 0 saturated carbocycles. The first-order chi connectivity index (χ1) is 9.09. The van der Waals surface area contributed by atoms with E-state index in [0.29, 0.717) is 12.8 Å². The monoisotopic (exact) mass is 264 g/mol. The summed E-state index contributed by atoms with van der Waals surface area (Å²) in [5.41, 5.74) is -1.01. The van der Waals surface area contributed by atoms with Crippen molar-refractivity contribution in [3.05, 3.63) is 23.7 Å². The molecular weight excluding hydrogens is 244 g/mol. The van der Waals surface area contributed by atoms with Gasteiger partial charge >= 0.3 is 0 Å². The lowest BCUT2D eigenvalue weighted by Crippen LogP contribution is -2.37. The Hall–Kier alpha value is -1.98. The zero-order valence-corrected chi connectivity index (χ0v) is 11.4. The molecule has 0 atom stereocenters. The third kappa shape index (κ3) is 5.46. The summed E-state index contributed by atoms with van der Waals surface area (Å²) in [6, 6.07) is 4.00. The van der Waals surface area contributed by atoms with Gasteiger partial charge in [0.1, 0.15) is 5.60 Å². The van der Waals surface area contributed by atoms with Crippen molar-refractivity contribution in [2.75, 3.05) is 6.61 Å². The Kier molecular flexibility index (Phi) is 8.08. The summed E-state index contributed by atoms with van der Waals surface area (Å²) in [6.07, 6.45) is 4.08. The van der Waals surface area contributed by atoms with E-state index >= 15 is 0 Å². The molecule has 0 bridgehead atoms. The topological polar surface area (TPSA) is 97.3 Å². The molecule has 0 aromatic heterocycles. The van der Waals surface area contributed by atoms with Crippen molar-refractivity contribution in [3.63, 3.8) is 0 Å². The molecule has 0 rings (SSSR count). The number of allylic oxidation sites excluding steroid dienone is 2. The molecule has 0 aliphatic heterocycles. The van der Waals surface area contributed by atoms with E-state index in [2.05, 4.69) is 0 Å². The second-order valence-corrected chi connectivity index (χ2v) is 4.09. The summed E-state index contributed by atoms with van der Waals surface area (Å²) in [6.45, 7) is 3.05. The van der Waals surface area contributed by atoms with Crippen LogP contribution < -0.4 is 0 Å². The van der Waals surface area contributed by atoms with E-state index in [0.717, 1.165) is 0 Å². The Morgan fingerprint density at radius 2 is 1.68 bits per heavy atom. The van der Waals surface area contributed by atoms with Gasteiger partial charge in [-0.1, -0.05) is 0 Å². The fourth-order valence-corrected chi connectivity index (χ4v) is 1.62. The van der Waals surface area contributed by atoms with E-state index in [1.54, 1.807) is 19.9 Å². The van der Waals surface area contributed by atoms with Crippen LogP contribution in [0.3, 0.4) is 0 Å². The Bertz CT molecular complexity index is 395. The lowest BCUT2D eigenvalue weighted by atomic mass is 9.93. The van der Waals surface area contributed by atoms with E-state index < -0.39 is 5.60 Å². The number of nitrogens with zero attached hydrogens (tertiary/aromatic N) is 2. The van der Waals surface area contributed by atoms with Crippen molar-refractivity contribution < 1.29 is 14.9 Å². The number of ether oxygens (including phenoxy) is 1. The minimum Gasteiger partial charge on any atom is -0.504 e. The summed E-state index contributed by atoms with van der Waals surface area (Å²) in [4.78, 5) is 0. The summed E-state index contributed by atoms with van der Waals surface area (Å²) < 4.78 is 5.68. The van der Waals surface area contributed by atoms with Crippen molar-refractivity contribution >= 4 is 0 Å². The maximum absolute atomic E-state index is 9.68. The molecule has 0 amide bonds. The van der Waals surface area contributed by atoms with Crippen molar-refractivity contribution in [3.8, 4) is 12.1 Å². The van der Waals surface area contributed by atoms with Gasteiger partial charge in [0, 0.05) is 25.7 Å². The number of aliphatic hydroxyl groups excluding tert-OH is 2. The van der Waals surface area contributed by atoms with Gasteiger partial charge in [0.05, 0.1) is 18.7 Å². The predicted octanol–water partition coefficient (Wildman–Crippen LogP) is 2.71. The number of rotatable bonds is 8. The molecule has 0 fully saturated rings. The first-order valence-electron chi connectivity index (χ1n) is 6.15. The van der Waals surface area contributed by atoms with Crippen molar-refractivity contribution in [2.45, 2.75) is 45.1 Å². The van der Waals surface area contributed by atoms with Crippen molar-refractivity contribution in [1.29, 1.82) is 10.5 Å². The Balaban J connectivity index is 5.11. The second kappa shape index (κ2) is 9.02. The largest absolute Gasteiger partial charge is 0.504 e. The number of nitriles is 2. The van der Waals surface area contributed by atoms with E-state index in [4.69, 9.17) is 15.3 Å². The minimum atomic E-state index is -1.01. The standard InChI is InChI=1S/C14H20N2O3/c1-3-12(18)13(4-2)19-14(11-17,7-5-9-15)8-6-10-16/h3-4,17-18H,5-8,11H2,1-2H3. The highest BCUT2D eigenvalue weighted by Gasteiger charge is 2.32. The van der Waals surface area contributed by atoms with Gasteiger partial charge in [-0.15, -0.1) is 0 Å². The summed E-state index contributed by atoms with van der Waals surface area (Å²) in [5.74, 6) is 0.210. The van der Waals surface area contributed by atoms with Crippen LogP contribution in [0, 0.1) is 22.7 Å². The Morgan fingerprint density at radius 1 is 1.16 bits per heavy atom. The smallest absolute Gasteiger partial charge is 0.157 e. The molecular formula is C14H20N2O3. The third-order valence-electron chi connectivity index (χ3n) is 2.79. The number of aliphatic hydroxyl groups is 2. The maximum Gasteiger partial charge on any atom is 0.157 e. The van der Waals surface area contributed by atoms with Gasteiger partial charge in [-0.25, -0.2) is 0 Å². The molecule has 19 heavy (non-hydrogen) atoms. The van der Waals surface area contributed by atoms with Crippen LogP contribution in [0.15, 0.2) is 23.7 Å². The van der Waals surface area contributed by atoms with E-state index in [-0.39, 0.29) is 31.0 Å². The average molecular weight is 264 g/mol. The van der Waals surface area contributed by atoms with Crippen LogP contribution >= 0.6 is 0 Å². The second-order valence-electron chi connectivity index (χ2n) is 4.09. The van der Waals surface area contributed by atoms with Crippen LogP contribution in [0.1, 0.15) is 39.5 Å². The molecule has 0 heterocycles. The van der Waals surface area contributed by atoms with E-state index in [1.165, 1.54) is 6.08 Å². The maximum atomic E-state index is 9.68. The molecule has 0 aliphatic carbocycles. The Morgan fingerprint density at radius 3 is 2.00 bits per heavy atom. The molecule has 5 heteroatoms. The molecule has 0 radical (unpaired) electrons. The van der Waals surface area contributed by atoms with Gasteiger partial charge < -0.3 is 14.9 Å². The quantitative estimate of drug-likeness (QED) is 0.519. The van der Waals surface area contributed by atoms with Crippen LogP contribution in [0.4, 0.5) is 0 Å². The average Bonchev–Trinajstić information content (AvgIpc) is 2.46. The van der Waals surface area contributed by atoms with Crippen LogP contribution in [-0.4, -0.2) is 22.4 Å². The van der Waals surface area contributed by atoms with E-state index in [1.807, 2.05) is 12.1 Å². The van der Waals surface area contributed by atoms with Crippen LogP contribution in [0.25, 0.3) is 0 Å². The van der Waals surface area contributed by atoms with Crippen LogP contribution in [0.5, 0.6) is 0 Å². The molecule has 0 aliphatic rings. The highest BCUT2D eigenvalue weighted by Crippen LogP contribution is 2.28. The summed E-state index contributed by atoms with van der Waals surface area (Å²) in [5, 5.41) is 36.6. The van der Waals surface area contributed by atoms with Gasteiger partial charge in [0.2, 0.25) is 0 Å².